The van der Waals surface area contributed by atoms with Crippen LogP contribution in [0, 0.1) is 18.8 Å². The lowest BCUT2D eigenvalue weighted by Crippen LogP contribution is -2.29. The molecular weight excluding hydrogens is 224 g/mol. The number of aryl methyl sites for hydroxylation is 1. The fraction of sp³-hybridized carbons (Fsp3) is 0.438. The van der Waals surface area contributed by atoms with E-state index in [1.54, 1.807) is 0 Å². The second-order valence-electron chi connectivity index (χ2n) is 5.76. The third-order valence-corrected chi connectivity index (χ3v) is 4.56. The van der Waals surface area contributed by atoms with Crippen molar-refractivity contribution < 1.29 is 9.90 Å². The predicted octanol–water partition coefficient (Wildman–Crippen LogP) is 3.30. The molecule has 1 aromatic carbocycles. The van der Waals surface area contributed by atoms with Gasteiger partial charge in [-0.25, -0.2) is 0 Å². The fourth-order valence-electron chi connectivity index (χ4n) is 3.78. The highest BCUT2D eigenvalue weighted by atomic mass is 16.4. The Balaban J connectivity index is 2.01. The minimum absolute atomic E-state index is 0.0188. The summed E-state index contributed by atoms with van der Waals surface area (Å²) in [6, 6.07) is 8.54. The van der Waals surface area contributed by atoms with Gasteiger partial charge in [0.05, 0.1) is 0 Å². The zero-order valence-electron chi connectivity index (χ0n) is 10.6. The van der Waals surface area contributed by atoms with Gasteiger partial charge in [0.2, 0.25) is 0 Å². The zero-order valence-corrected chi connectivity index (χ0v) is 10.6. The third-order valence-electron chi connectivity index (χ3n) is 4.56. The second-order valence-corrected chi connectivity index (χ2v) is 5.76. The molecule has 0 aliphatic heterocycles. The number of hydrogen-bond donors (Lipinski definition) is 1. The van der Waals surface area contributed by atoms with Crippen LogP contribution < -0.4 is 0 Å². The zero-order chi connectivity index (χ0) is 12.8. The molecule has 18 heavy (non-hydrogen) atoms. The molecule has 0 amide bonds. The highest BCUT2D eigenvalue weighted by Gasteiger charge is 2.50. The number of carboxylic acid groups (broad SMARTS) is 1. The molecule has 94 valence electrons. The van der Waals surface area contributed by atoms with Crippen LogP contribution in [-0.4, -0.2) is 11.1 Å². The van der Waals surface area contributed by atoms with Gasteiger partial charge in [-0.05, 0) is 37.2 Å². The van der Waals surface area contributed by atoms with Crippen molar-refractivity contribution in [2.75, 3.05) is 0 Å². The van der Waals surface area contributed by atoms with Crippen molar-refractivity contribution in [2.24, 2.45) is 11.8 Å². The first-order valence-corrected chi connectivity index (χ1v) is 6.58. The smallest absolute Gasteiger partial charge is 0.303 e. The van der Waals surface area contributed by atoms with Crippen LogP contribution in [0.25, 0.3) is 0 Å². The average Bonchev–Trinajstić information content (AvgIpc) is 2.87. The maximum absolute atomic E-state index is 11.0. The average molecular weight is 242 g/mol. The lowest BCUT2D eigenvalue weighted by Gasteiger charge is -2.32. The van der Waals surface area contributed by atoms with Crippen molar-refractivity contribution in [3.05, 3.63) is 47.5 Å². The summed E-state index contributed by atoms with van der Waals surface area (Å²) in [6.07, 6.45) is 6.95. The van der Waals surface area contributed by atoms with Crippen molar-refractivity contribution in [1.29, 1.82) is 0 Å². The van der Waals surface area contributed by atoms with Gasteiger partial charge in [0.25, 0.3) is 0 Å². The maximum atomic E-state index is 11.0. The second kappa shape index (κ2) is 3.98. The van der Waals surface area contributed by atoms with E-state index in [1.165, 1.54) is 11.1 Å². The van der Waals surface area contributed by atoms with E-state index in [-0.39, 0.29) is 17.8 Å². The predicted molar refractivity (Wildman–Crippen MR) is 70.5 cm³/mol. The van der Waals surface area contributed by atoms with Crippen molar-refractivity contribution in [3.8, 4) is 0 Å². The lowest BCUT2D eigenvalue weighted by atomic mass is 9.71. The first-order valence-electron chi connectivity index (χ1n) is 6.58. The molecule has 1 N–H and O–H groups in total. The molecule has 1 saturated carbocycles. The molecule has 0 spiro atoms. The Morgan fingerprint density at radius 2 is 2.33 bits per heavy atom. The van der Waals surface area contributed by atoms with E-state index in [4.69, 9.17) is 5.11 Å². The molecule has 2 bridgehead atoms. The van der Waals surface area contributed by atoms with Crippen molar-refractivity contribution in [1.82, 2.24) is 0 Å². The van der Waals surface area contributed by atoms with Crippen LogP contribution >= 0.6 is 0 Å². The molecule has 1 aromatic rings. The molecule has 0 saturated heterocycles. The van der Waals surface area contributed by atoms with E-state index >= 15 is 0 Å². The van der Waals surface area contributed by atoms with Crippen LogP contribution in [0.3, 0.4) is 0 Å². The Kier molecular flexibility index (Phi) is 2.54. The van der Waals surface area contributed by atoms with Crippen molar-refractivity contribution >= 4 is 5.97 Å². The molecule has 2 aliphatic carbocycles. The number of fused-ring (bicyclic) bond motifs is 2. The standard InChI is InChI=1S/C16H18O2/c1-11-3-2-4-13(7-11)16-6-5-12(10-16)8-14(16)9-15(17)18/h2-7,12,14H,8-10H2,1H3,(H,17,18). The first kappa shape index (κ1) is 11.5. The quantitative estimate of drug-likeness (QED) is 0.826. The van der Waals surface area contributed by atoms with Gasteiger partial charge in [-0.15, -0.1) is 0 Å². The summed E-state index contributed by atoms with van der Waals surface area (Å²) in [6.45, 7) is 2.09. The van der Waals surface area contributed by atoms with Crippen LogP contribution in [0.2, 0.25) is 0 Å². The summed E-state index contributed by atoms with van der Waals surface area (Å²) in [5.41, 5.74) is 2.53. The molecule has 1 fully saturated rings. The Hall–Kier alpha value is -1.57. The Labute approximate surface area is 107 Å². The molecule has 3 unspecified atom stereocenters. The van der Waals surface area contributed by atoms with Crippen molar-refractivity contribution in [2.45, 2.75) is 31.6 Å². The van der Waals surface area contributed by atoms with Crippen molar-refractivity contribution in [3.63, 3.8) is 0 Å². The molecule has 2 aliphatic rings. The molecule has 2 heteroatoms. The number of hydrogen-bond acceptors (Lipinski definition) is 1. The first-order chi connectivity index (χ1) is 8.60. The van der Waals surface area contributed by atoms with Gasteiger partial charge in [-0.1, -0.05) is 42.0 Å². The SMILES string of the molecule is Cc1cccc(C23C=CC(CC2CC(=O)O)C3)c1. The van der Waals surface area contributed by atoms with Gasteiger partial charge in [0, 0.05) is 11.8 Å². The molecular formula is C16H18O2. The van der Waals surface area contributed by atoms with Gasteiger partial charge in [0.1, 0.15) is 0 Å². The van der Waals surface area contributed by atoms with Crippen LogP contribution in [0.15, 0.2) is 36.4 Å². The number of aliphatic carboxylic acids is 1. The topological polar surface area (TPSA) is 37.3 Å². The number of benzene rings is 1. The van der Waals surface area contributed by atoms with Gasteiger partial charge < -0.3 is 5.11 Å². The summed E-state index contributed by atoms with van der Waals surface area (Å²) in [5, 5.41) is 9.09. The highest BCUT2D eigenvalue weighted by molar-refractivity contribution is 5.68. The normalized spacial score (nSPS) is 32.9. The van der Waals surface area contributed by atoms with E-state index < -0.39 is 5.97 Å². The molecule has 3 rings (SSSR count). The summed E-state index contributed by atoms with van der Waals surface area (Å²) < 4.78 is 0. The van der Waals surface area contributed by atoms with E-state index in [2.05, 4.69) is 43.3 Å². The number of carboxylic acids is 1. The molecule has 2 nitrogen and oxygen atoms in total. The molecule has 0 aromatic heterocycles. The fourth-order valence-corrected chi connectivity index (χ4v) is 3.78. The lowest BCUT2D eigenvalue weighted by molar-refractivity contribution is -0.138. The minimum Gasteiger partial charge on any atom is -0.481 e. The Morgan fingerprint density at radius 3 is 3.00 bits per heavy atom. The van der Waals surface area contributed by atoms with Crippen LogP contribution in [0.5, 0.6) is 0 Å². The number of rotatable bonds is 3. The summed E-state index contributed by atoms with van der Waals surface area (Å²) in [5.74, 6) is 0.162. The summed E-state index contributed by atoms with van der Waals surface area (Å²) in [7, 11) is 0. The van der Waals surface area contributed by atoms with Crippen LogP contribution in [0.1, 0.15) is 30.4 Å². The van der Waals surface area contributed by atoms with E-state index in [0.29, 0.717) is 5.92 Å². The van der Waals surface area contributed by atoms with E-state index in [9.17, 15) is 4.79 Å². The minimum atomic E-state index is -0.673. The van der Waals surface area contributed by atoms with E-state index in [1.807, 2.05) is 0 Å². The molecule has 3 atom stereocenters. The van der Waals surface area contributed by atoms with Gasteiger partial charge >= 0.3 is 5.97 Å². The Morgan fingerprint density at radius 1 is 1.50 bits per heavy atom. The van der Waals surface area contributed by atoms with Gasteiger partial charge in [-0.2, -0.15) is 0 Å². The summed E-state index contributed by atoms with van der Waals surface area (Å²) >= 11 is 0. The van der Waals surface area contributed by atoms with Crippen LogP contribution in [-0.2, 0) is 10.2 Å². The summed E-state index contributed by atoms with van der Waals surface area (Å²) in [4.78, 5) is 11.0. The highest BCUT2D eigenvalue weighted by Crippen LogP contribution is 2.55. The molecule has 0 heterocycles. The number of carbonyl (C=O) groups is 1. The van der Waals surface area contributed by atoms with Gasteiger partial charge in [-0.3, -0.25) is 4.79 Å². The van der Waals surface area contributed by atoms with E-state index in [0.717, 1.165) is 12.8 Å². The third kappa shape index (κ3) is 1.67. The molecule has 0 radical (unpaired) electrons. The number of allylic oxidation sites excluding steroid dienone is 2. The maximum Gasteiger partial charge on any atom is 0.303 e. The van der Waals surface area contributed by atoms with Crippen LogP contribution in [0.4, 0.5) is 0 Å². The Bertz CT molecular complexity index is 518. The monoisotopic (exact) mass is 242 g/mol. The largest absolute Gasteiger partial charge is 0.481 e. The van der Waals surface area contributed by atoms with Gasteiger partial charge in [0.15, 0.2) is 0 Å².